The number of nitrogens with zero attached hydrogens (tertiary/aromatic N) is 3. The average Bonchev–Trinajstić information content (AvgIpc) is 2.72. The van der Waals surface area contributed by atoms with E-state index in [1.165, 1.54) is 25.1 Å². The van der Waals surface area contributed by atoms with Gasteiger partial charge in [0.25, 0.3) is 5.91 Å². The van der Waals surface area contributed by atoms with Gasteiger partial charge in [-0.15, -0.1) is 0 Å². The number of alkyl halides is 3. The third kappa shape index (κ3) is 5.42. The van der Waals surface area contributed by atoms with Crippen molar-refractivity contribution in [2.75, 3.05) is 14.1 Å². The summed E-state index contributed by atoms with van der Waals surface area (Å²) in [4.78, 5) is 27.0. The Labute approximate surface area is 183 Å². The largest absolute Gasteiger partial charge is 0.418 e. The van der Waals surface area contributed by atoms with Crippen LogP contribution in [0.15, 0.2) is 59.4 Å². The van der Waals surface area contributed by atoms with Crippen LogP contribution in [-0.2, 0) is 19.3 Å². The summed E-state index contributed by atoms with van der Waals surface area (Å²) in [5.41, 5.74) is -0.211. The smallest absolute Gasteiger partial charge is 0.346 e. The Balaban J connectivity index is 1.85. The molecule has 0 aliphatic heterocycles. The fourth-order valence-corrected chi connectivity index (χ4v) is 3.24. The van der Waals surface area contributed by atoms with Crippen molar-refractivity contribution in [1.29, 1.82) is 0 Å². The maximum atomic E-state index is 13.4. The molecule has 0 unspecified atom stereocenters. The van der Waals surface area contributed by atoms with Gasteiger partial charge in [0.1, 0.15) is 0 Å². The predicted molar refractivity (Wildman–Crippen MR) is 115 cm³/mol. The van der Waals surface area contributed by atoms with Crippen LogP contribution in [0.4, 0.5) is 13.2 Å². The lowest BCUT2D eigenvalue weighted by molar-refractivity contribution is -0.137. The predicted octanol–water partition coefficient (Wildman–Crippen LogP) is 3.55. The molecule has 168 valence electrons. The highest BCUT2D eigenvalue weighted by Crippen LogP contribution is 2.33. The number of carbonyl (C=O) groups excluding carboxylic acids is 1. The monoisotopic (exact) mass is 444 g/mol. The lowest BCUT2D eigenvalue weighted by Gasteiger charge is -2.16. The lowest BCUT2D eigenvalue weighted by atomic mass is 10.1. The van der Waals surface area contributed by atoms with Crippen LogP contribution in [0.3, 0.4) is 0 Å². The van der Waals surface area contributed by atoms with E-state index >= 15 is 0 Å². The number of hydrogen-bond acceptors (Lipinski definition) is 4. The topological polar surface area (TPSA) is 67.2 Å². The first-order valence-corrected chi connectivity index (χ1v) is 9.84. The molecule has 0 aliphatic rings. The van der Waals surface area contributed by atoms with Crippen LogP contribution in [0.1, 0.15) is 32.9 Å². The molecule has 1 heterocycles. The molecule has 32 heavy (non-hydrogen) atoms. The molecule has 2 aromatic carbocycles. The quantitative estimate of drug-likeness (QED) is 0.632. The first kappa shape index (κ1) is 23.2. The molecular weight excluding hydrogens is 421 g/mol. The Morgan fingerprint density at radius 3 is 2.31 bits per heavy atom. The molecule has 6 nitrogen and oxygen atoms in total. The maximum Gasteiger partial charge on any atom is 0.418 e. The number of benzene rings is 2. The minimum atomic E-state index is -4.62. The Hall–Kier alpha value is -3.46. The summed E-state index contributed by atoms with van der Waals surface area (Å²) >= 11 is 0. The molecule has 1 N–H and O–H groups in total. The number of carbonyl (C=O) groups is 1. The molecule has 9 heteroatoms. The first-order valence-electron chi connectivity index (χ1n) is 9.84. The number of amides is 1. The standard InChI is InChI=1S/C23H23F3N4O2/c1-15-12-20(31)21(28-30(15)19-7-5-4-6-18(19)23(24,25)26)22(32)27-13-16-8-10-17(11-9-16)14-29(2)3/h4-12H,13-14H2,1-3H3,(H,27,32). The Morgan fingerprint density at radius 2 is 1.69 bits per heavy atom. The molecule has 3 rings (SSSR count). The summed E-state index contributed by atoms with van der Waals surface area (Å²) in [6.45, 7) is 2.38. The molecule has 0 aliphatic carbocycles. The van der Waals surface area contributed by atoms with Gasteiger partial charge >= 0.3 is 6.18 Å². The lowest BCUT2D eigenvalue weighted by Crippen LogP contribution is -2.32. The molecule has 0 bridgehead atoms. The summed E-state index contributed by atoms with van der Waals surface area (Å²) in [6.07, 6.45) is -4.62. The minimum absolute atomic E-state index is 0.148. The van der Waals surface area contributed by atoms with Crippen molar-refractivity contribution in [1.82, 2.24) is 20.0 Å². The van der Waals surface area contributed by atoms with E-state index in [1.807, 2.05) is 43.3 Å². The fraction of sp³-hybridized carbons (Fsp3) is 0.261. The van der Waals surface area contributed by atoms with Gasteiger partial charge in [0, 0.05) is 24.8 Å². The van der Waals surface area contributed by atoms with Gasteiger partial charge in [-0.2, -0.15) is 18.3 Å². The molecule has 0 spiro atoms. The van der Waals surface area contributed by atoms with E-state index in [1.54, 1.807) is 0 Å². The maximum absolute atomic E-state index is 13.4. The highest BCUT2D eigenvalue weighted by molar-refractivity contribution is 5.92. The number of halogens is 3. The van der Waals surface area contributed by atoms with E-state index in [4.69, 9.17) is 0 Å². The second-order valence-electron chi connectivity index (χ2n) is 7.66. The van der Waals surface area contributed by atoms with Gasteiger partial charge in [-0.1, -0.05) is 36.4 Å². The van der Waals surface area contributed by atoms with Gasteiger partial charge in [-0.25, -0.2) is 4.68 Å². The van der Waals surface area contributed by atoms with Gasteiger partial charge in [-0.3, -0.25) is 9.59 Å². The minimum Gasteiger partial charge on any atom is -0.346 e. The van der Waals surface area contributed by atoms with Crippen LogP contribution in [-0.4, -0.2) is 34.7 Å². The van der Waals surface area contributed by atoms with Crippen LogP contribution in [0.25, 0.3) is 5.69 Å². The normalized spacial score (nSPS) is 11.6. The number of hydrogen-bond donors (Lipinski definition) is 1. The molecule has 0 atom stereocenters. The third-order valence-corrected chi connectivity index (χ3v) is 4.74. The Kier molecular flexibility index (Phi) is 6.78. The fourth-order valence-electron chi connectivity index (χ4n) is 3.24. The number of nitrogens with one attached hydrogen (secondary N) is 1. The summed E-state index contributed by atoms with van der Waals surface area (Å²) < 4.78 is 41.2. The number of aromatic nitrogens is 2. The van der Waals surface area contributed by atoms with Crippen molar-refractivity contribution in [3.8, 4) is 5.69 Å². The second kappa shape index (κ2) is 9.35. The summed E-state index contributed by atoms with van der Waals surface area (Å²) in [7, 11) is 3.92. The second-order valence-corrected chi connectivity index (χ2v) is 7.66. The highest BCUT2D eigenvalue weighted by Gasteiger charge is 2.34. The molecule has 0 radical (unpaired) electrons. The molecule has 0 fully saturated rings. The van der Waals surface area contributed by atoms with Crippen LogP contribution in [0, 0.1) is 6.92 Å². The molecule has 1 amide bonds. The van der Waals surface area contributed by atoms with Crippen molar-refractivity contribution in [2.24, 2.45) is 0 Å². The van der Waals surface area contributed by atoms with Crippen LogP contribution >= 0.6 is 0 Å². The van der Waals surface area contributed by atoms with Crippen molar-refractivity contribution < 1.29 is 18.0 Å². The van der Waals surface area contributed by atoms with Crippen molar-refractivity contribution >= 4 is 5.91 Å². The van der Waals surface area contributed by atoms with E-state index in [-0.39, 0.29) is 17.9 Å². The zero-order chi connectivity index (χ0) is 23.5. The van der Waals surface area contributed by atoms with Crippen LogP contribution in [0.2, 0.25) is 0 Å². The average molecular weight is 444 g/mol. The SMILES string of the molecule is Cc1cc(=O)c(C(=O)NCc2ccc(CN(C)C)cc2)nn1-c1ccccc1C(F)(F)F. The highest BCUT2D eigenvalue weighted by atomic mass is 19.4. The van der Waals surface area contributed by atoms with Crippen molar-refractivity contribution in [3.63, 3.8) is 0 Å². The zero-order valence-corrected chi connectivity index (χ0v) is 17.9. The van der Waals surface area contributed by atoms with Crippen LogP contribution < -0.4 is 10.7 Å². The summed E-state index contributed by atoms with van der Waals surface area (Å²) in [5.74, 6) is -0.759. The molecular formula is C23H23F3N4O2. The van der Waals surface area contributed by atoms with Gasteiger partial charge in [0.15, 0.2) is 5.69 Å². The van der Waals surface area contributed by atoms with Gasteiger partial charge in [0.2, 0.25) is 5.43 Å². The number of aryl methyl sites for hydroxylation is 1. The van der Waals surface area contributed by atoms with E-state index in [0.717, 1.165) is 34.5 Å². The zero-order valence-electron chi connectivity index (χ0n) is 17.9. The van der Waals surface area contributed by atoms with Crippen molar-refractivity contribution in [2.45, 2.75) is 26.2 Å². The van der Waals surface area contributed by atoms with Crippen molar-refractivity contribution in [3.05, 3.63) is 92.9 Å². The van der Waals surface area contributed by atoms with Gasteiger partial charge in [0.05, 0.1) is 11.3 Å². The van der Waals surface area contributed by atoms with E-state index in [9.17, 15) is 22.8 Å². The van der Waals surface area contributed by atoms with Gasteiger partial charge < -0.3 is 10.2 Å². The Morgan fingerprint density at radius 1 is 1.06 bits per heavy atom. The number of para-hydroxylation sites is 1. The third-order valence-electron chi connectivity index (χ3n) is 4.74. The first-order chi connectivity index (χ1) is 15.1. The van der Waals surface area contributed by atoms with E-state index in [2.05, 4.69) is 10.4 Å². The summed E-state index contributed by atoms with van der Waals surface area (Å²) in [6, 6.07) is 13.6. The van der Waals surface area contributed by atoms with Gasteiger partial charge in [-0.05, 0) is 44.3 Å². The molecule has 0 saturated carbocycles. The molecule has 0 saturated heterocycles. The molecule has 3 aromatic rings. The molecule has 1 aromatic heterocycles. The number of rotatable bonds is 6. The van der Waals surface area contributed by atoms with E-state index < -0.39 is 28.8 Å². The summed E-state index contributed by atoms with van der Waals surface area (Å²) in [5, 5.41) is 6.57. The Bertz CT molecular complexity index is 1170. The van der Waals surface area contributed by atoms with Crippen LogP contribution in [0.5, 0.6) is 0 Å². The van der Waals surface area contributed by atoms with E-state index in [0.29, 0.717) is 0 Å².